The van der Waals surface area contributed by atoms with Crippen molar-refractivity contribution in [2.75, 3.05) is 11.9 Å². The van der Waals surface area contributed by atoms with Crippen LogP contribution >= 0.6 is 0 Å². The Hall–Kier alpha value is -3.09. The average Bonchev–Trinajstić information content (AvgIpc) is 3.23. The van der Waals surface area contributed by atoms with Crippen molar-refractivity contribution >= 4 is 11.6 Å². The summed E-state index contributed by atoms with van der Waals surface area (Å²) in [5, 5.41) is 2.88. The second-order valence-electron chi connectivity index (χ2n) is 6.04. The third-order valence-corrected chi connectivity index (χ3v) is 4.36. The van der Waals surface area contributed by atoms with Crippen molar-refractivity contribution in [3.05, 3.63) is 48.2 Å². The van der Waals surface area contributed by atoms with Crippen LogP contribution in [0.1, 0.15) is 35.9 Å². The molecule has 0 fully saturated rings. The molecule has 3 aromatic heterocycles. The van der Waals surface area contributed by atoms with Gasteiger partial charge >= 0.3 is 0 Å². The topological polar surface area (TPSA) is 84.8 Å². The van der Waals surface area contributed by atoms with Crippen LogP contribution in [0.25, 0.3) is 11.4 Å². The van der Waals surface area contributed by atoms with E-state index in [1.165, 1.54) is 0 Å². The lowest BCUT2D eigenvalue weighted by molar-refractivity contribution is 0.102. The van der Waals surface area contributed by atoms with Crippen LogP contribution in [0, 0.1) is 0 Å². The zero-order valence-electron chi connectivity index (χ0n) is 14.1. The molecule has 2 N–H and O–H groups in total. The van der Waals surface area contributed by atoms with Crippen LogP contribution in [0.15, 0.2) is 36.9 Å². The molecule has 0 aromatic carbocycles. The van der Waals surface area contributed by atoms with E-state index in [1.54, 1.807) is 30.7 Å². The van der Waals surface area contributed by atoms with Crippen molar-refractivity contribution in [2.24, 2.45) is 0 Å². The number of fused-ring (bicyclic) bond motifs is 3. The van der Waals surface area contributed by atoms with Gasteiger partial charge in [0.25, 0.3) is 5.91 Å². The maximum Gasteiger partial charge on any atom is 0.258 e. The smallest absolute Gasteiger partial charge is 0.258 e. The van der Waals surface area contributed by atoms with Gasteiger partial charge < -0.3 is 19.6 Å². The lowest BCUT2D eigenvalue weighted by Gasteiger charge is -2.22. The number of H-pyrrole nitrogens is 1. The van der Waals surface area contributed by atoms with Gasteiger partial charge in [-0.05, 0) is 19.9 Å². The average molecular weight is 337 g/mol. The maximum absolute atomic E-state index is 12.7. The van der Waals surface area contributed by atoms with Gasteiger partial charge in [-0.2, -0.15) is 0 Å². The van der Waals surface area contributed by atoms with Crippen molar-refractivity contribution < 1.29 is 9.53 Å². The van der Waals surface area contributed by atoms with E-state index in [0.717, 1.165) is 23.5 Å². The quantitative estimate of drug-likeness (QED) is 0.766. The van der Waals surface area contributed by atoms with E-state index < -0.39 is 0 Å². The van der Waals surface area contributed by atoms with Gasteiger partial charge in [0.1, 0.15) is 5.82 Å². The highest BCUT2D eigenvalue weighted by molar-refractivity contribution is 6.08. The Morgan fingerprint density at radius 1 is 1.44 bits per heavy atom. The summed E-state index contributed by atoms with van der Waals surface area (Å²) >= 11 is 0. The molecule has 1 atom stereocenters. The van der Waals surface area contributed by atoms with Crippen LogP contribution in [-0.4, -0.2) is 32.0 Å². The van der Waals surface area contributed by atoms with E-state index in [9.17, 15) is 4.79 Å². The van der Waals surface area contributed by atoms with Crippen molar-refractivity contribution in [1.29, 1.82) is 0 Å². The zero-order chi connectivity index (χ0) is 17.4. The third-order valence-electron chi connectivity index (χ3n) is 4.36. The number of pyridine rings is 1. The highest BCUT2D eigenvalue weighted by atomic mass is 16.5. The van der Waals surface area contributed by atoms with Gasteiger partial charge in [0.15, 0.2) is 0 Å². The molecule has 0 unspecified atom stereocenters. The molecule has 0 spiro atoms. The first-order valence-corrected chi connectivity index (χ1v) is 8.31. The minimum Gasteiger partial charge on any atom is -0.478 e. The molecule has 7 heteroatoms. The molecule has 128 valence electrons. The summed E-state index contributed by atoms with van der Waals surface area (Å²) in [6, 6.07) is 3.83. The van der Waals surface area contributed by atoms with Crippen LogP contribution in [-0.2, 0) is 6.42 Å². The number of carbonyl (C=O) groups excluding carboxylic acids is 1. The number of amides is 1. The summed E-state index contributed by atoms with van der Waals surface area (Å²) in [7, 11) is 0. The van der Waals surface area contributed by atoms with E-state index in [1.807, 2.05) is 13.1 Å². The second-order valence-corrected chi connectivity index (χ2v) is 6.04. The van der Waals surface area contributed by atoms with Gasteiger partial charge in [0.2, 0.25) is 5.88 Å². The number of ether oxygens (including phenoxy) is 1. The number of hydrogen-bond acceptors (Lipinski definition) is 4. The van der Waals surface area contributed by atoms with Crippen LogP contribution < -0.4 is 10.1 Å². The summed E-state index contributed by atoms with van der Waals surface area (Å²) in [5.41, 5.74) is 3.12. The maximum atomic E-state index is 12.7. The molecule has 0 saturated carbocycles. The molecule has 1 aliphatic rings. The molecular formula is C18H19N5O2. The minimum absolute atomic E-state index is 0.187. The normalized spacial score (nSPS) is 15.4. The number of aromatic nitrogens is 4. The van der Waals surface area contributed by atoms with Crippen molar-refractivity contribution in [1.82, 2.24) is 19.5 Å². The van der Waals surface area contributed by atoms with Crippen LogP contribution in [0.4, 0.5) is 5.69 Å². The summed E-state index contributed by atoms with van der Waals surface area (Å²) in [5.74, 6) is 1.17. The van der Waals surface area contributed by atoms with Gasteiger partial charge in [-0.15, -0.1) is 0 Å². The number of anilines is 1. The highest BCUT2D eigenvalue weighted by Gasteiger charge is 2.28. The predicted octanol–water partition coefficient (Wildman–Crippen LogP) is 3.04. The first-order chi connectivity index (χ1) is 12.2. The van der Waals surface area contributed by atoms with Crippen molar-refractivity contribution in [2.45, 2.75) is 26.3 Å². The van der Waals surface area contributed by atoms with Gasteiger partial charge in [0, 0.05) is 42.8 Å². The number of carbonyl (C=O) groups is 1. The monoisotopic (exact) mass is 337 g/mol. The Balaban J connectivity index is 1.61. The third kappa shape index (κ3) is 2.67. The number of rotatable bonds is 4. The highest BCUT2D eigenvalue weighted by Crippen LogP contribution is 2.35. The molecule has 3 aromatic rings. The first kappa shape index (κ1) is 15.4. The molecule has 7 nitrogen and oxygen atoms in total. The van der Waals surface area contributed by atoms with Gasteiger partial charge in [-0.1, -0.05) is 0 Å². The van der Waals surface area contributed by atoms with Crippen LogP contribution in [0.2, 0.25) is 0 Å². The molecular weight excluding hydrogens is 318 g/mol. The molecule has 0 saturated heterocycles. The second kappa shape index (κ2) is 6.08. The van der Waals surface area contributed by atoms with Crippen molar-refractivity contribution in [3.8, 4) is 17.3 Å². The van der Waals surface area contributed by atoms with E-state index >= 15 is 0 Å². The number of aromatic amines is 1. The van der Waals surface area contributed by atoms with E-state index in [-0.39, 0.29) is 5.91 Å². The predicted molar refractivity (Wildman–Crippen MR) is 93.8 cm³/mol. The Kier molecular flexibility index (Phi) is 3.76. The van der Waals surface area contributed by atoms with Crippen LogP contribution in [0.5, 0.6) is 5.88 Å². The first-order valence-electron chi connectivity index (χ1n) is 8.31. The van der Waals surface area contributed by atoms with Gasteiger partial charge in [-0.25, -0.2) is 9.97 Å². The fourth-order valence-electron chi connectivity index (χ4n) is 3.20. The summed E-state index contributed by atoms with van der Waals surface area (Å²) in [6.45, 7) is 4.59. The largest absolute Gasteiger partial charge is 0.478 e. The van der Waals surface area contributed by atoms with Gasteiger partial charge in [-0.3, -0.25) is 4.79 Å². The summed E-state index contributed by atoms with van der Waals surface area (Å²) in [4.78, 5) is 24.6. The molecule has 0 aliphatic carbocycles. The number of imidazole rings is 1. The molecule has 4 rings (SSSR count). The van der Waals surface area contributed by atoms with E-state index in [4.69, 9.17) is 4.74 Å². The Labute approximate surface area is 145 Å². The molecule has 0 radical (unpaired) electrons. The summed E-state index contributed by atoms with van der Waals surface area (Å²) < 4.78 is 7.42. The van der Waals surface area contributed by atoms with Crippen molar-refractivity contribution in [3.63, 3.8) is 0 Å². The molecule has 25 heavy (non-hydrogen) atoms. The molecule has 1 amide bonds. The van der Waals surface area contributed by atoms with Gasteiger partial charge in [0.05, 0.1) is 29.6 Å². The number of hydrogen-bond donors (Lipinski definition) is 2. The molecule has 1 aliphatic heterocycles. The van der Waals surface area contributed by atoms with E-state index in [2.05, 4.69) is 31.8 Å². The Morgan fingerprint density at radius 3 is 3.08 bits per heavy atom. The minimum atomic E-state index is -0.187. The molecule has 0 bridgehead atoms. The lowest BCUT2D eigenvalue weighted by Crippen LogP contribution is -2.18. The lowest BCUT2D eigenvalue weighted by atomic mass is 10.0. The zero-order valence-corrected chi connectivity index (χ0v) is 14.1. The Bertz CT molecular complexity index is 910. The summed E-state index contributed by atoms with van der Waals surface area (Å²) in [6.07, 6.45) is 7.90. The standard InChI is InChI=1S/C18H19N5O2/c1-3-25-15-5-4-12(9-21-15)22-18(24)13-10-20-14-8-11(2)23-7-6-19-17(23)16(13)14/h4-7,9-11,20H,3,8H2,1-2H3,(H,22,24)/t11-/m1/s1. The fraction of sp³-hybridized carbons (Fsp3) is 0.278. The van der Waals surface area contributed by atoms with E-state index in [0.29, 0.717) is 29.8 Å². The Morgan fingerprint density at radius 2 is 2.32 bits per heavy atom. The number of nitrogens with one attached hydrogen (secondary N) is 2. The fourth-order valence-corrected chi connectivity index (χ4v) is 3.20. The number of nitrogens with zero attached hydrogens (tertiary/aromatic N) is 3. The van der Waals surface area contributed by atoms with Crippen LogP contribution in [0.3, 0.4) is 0 Å². The SMILES string of the molecule is CCOc1ccc(NC(=O)c2c[nH]c3c2-c2nccn2[C@H](C)C3)cn1. The molecule has 4 heterocycles.